The van der Waals surface area contributed by atoms with E-state index in [9.17, 15) is 0 Å². The Balaban J connectivity index is 0.00000243. The Hall–Kier alpha value is -1.57. The molecular formula is C20H30IN5. The van der Waals surface area contributed by atoms with Crippen LogP contribution in [0.25, 0.3) is 0 Å². The fourth-order valence-corrected chi connectivity index (χ4v) is 3.23. The molecule has 6 heteroatoms. The number of halogens is 1. The summed E-state index contributed by atoms with van der Waals surface area (Å²) in [5.74, 6) is 0.958. The van der Waals surface area contributed by atoms with Crippen LogP contribution in [0.5, 0.6) is 0 Å². The van der Waals surface area contributed by atoms with E-state index < -0.39 is 0 Å². The maximum atomic E-state index is 4.47. The molecule has 2 aromatic rings. The highest BCUT2D eigenvalue weighted by Gasteiger charge is 2.53. The predicted molar refractivity (Wildman–Crippen MR) is 118 cm³/mol. The van der Waals surface area contributed by atoms with Crippen molar-refractivity contribution < 1.29 is 0 Å². The predicted octanol–water partition coefficient (Wildman–Crippen LogP) is 3.75. The van der Waals surface area contributed by atoms with Crippen LogP contribution in [0.3, 0.4) is 0 Å². The number of benzene rings is 1. The van der Waals surface area contributed by atoms with Crippen LogP contribution in [0.1, 0.15) is 38.8 Å². The van der Waals surface area contributed by atoms with E-state index in [2.05, 4.69) is 78.5 Å². The van der Waals surface area contributed by atoms with Gasteiger partial charge < -0.3 is 10.2 Å². The summed E-state index contributed by atoms with van der Waals surface area (Å²) in [7, 11) is 1.85. The van der Waals surface area contributed by atoms with E-state index in [1.165, 1.54) is 5.56 Å². The van der Waals surface area contributed by atoms with Gasteiger partial charge in [-0.2, -0.15) is 5.10 Å². The van der Waals surface area contributed by atoms with E-state index in [-0.39, 0.29) is 29.5 Å². The summed E-state index contributed by atoms with van der Waals surface area (Å²) in [6.07, 6.45) is 4.02. The first-order chi connectivity index (χ1) is 11.8. The van der Waals surface area contributed by atoms with Gasteiger partial charge >= 0.3 is 0 Å². The first-order valence-corrected chi connectivity index (χ1v) is 8.87. The lowest BCUT2D eigenvalue weighted by Gasteiger charge is -2.62. The number of nitrogens with one attached hydrogen (secondary N) is 1. The van der Waals surface area contributed by atoms with Crippen LogP contribution in [-0.2, 0) is 13.1 Å². The summed E-state index contributed by atoms with van der Waals surface area (Å²) < 4.78 is 1.98. The summed E-state index contributed by atoms with van der Waals surface area (Å²) in [6.45, 7) is 11.7. The molecule has 0 saturated carbocycles. The molecule has 1 aromatic carbocycles. The molecule has 5 nitrogen and oxygen atoms in total. The van der Waals surface area contributed by atoms with Gasteiger partial charge in [-0.25, -0.2) is 0 Å². The fourth-order valence-electron chi connectivity index (χ4n) is 3.23. The van der Waals surface area contributed by atoms with Crippen molar-refractivity contribution >= 4 is 29.9 Å². The third-order valence-electron chi connectivity index (χ3n) is 5.68. The molecule has 0 atom stereocenters. The lowest BCUT2D eigenvalue weighted by atomic mass is 9.65. The standard InChI is InChI=1S/C20H29N5.HI/c1-19(2)15-25(20(19,3)4)18(21-5)22-11-17-12-23-24(14-17)13-16-9-7-6-8-10-16;/h6-10,12,14H,11,13,15H2,1-5H3,(H,21,22);1H. The van der Waals surface area contributed by atoms with Crippen LogP contribution in [0, 0.1) is 5.41 Å². The Morgan fingerprint density at radius 1 is 1.15 bits per heavy atom. The van der Waals surface area contributed by atoms with E-state index in [1.807, 2.05) is 24.0 Å². The van der Waals surface area contributed by atoms with Gasteiger partial charge in [-0.1, -0.05) is 44.2 Å². The summed E-state index contributed by atoms with van der Waals surface area (Å²) in [4.78, 5) is 6.81. The Morgan fingerprint density at radius 3 is 2.42 bits per heavy atom. The molecule has 1 fully saturated rings. The van der Waals surface area contributed by atoms with Crippen molar-refractivity contribution in [1.29, 1.82) is 0 Å². The molecule has 1 N–H and O–H groups in total. The fraction of sp³-hybridized carbons (Fsp3) is 0.500. The smallest absolute Gasteiger partial charge is 0.194 e. The highest BCUT2D eigenvalue weighted by molar-refractivity contribution is 14.0. The largest absolute Gasteiger partial charge is 0.352 e. The highest BCUT2D eigenvalue weighted by Crippen LogP contribution is 2.46. The minimum Gasteiger partial charge on any atom is -0.352 e. The lowest BCUT2D eigenvalue weighted by Crippen LogP contribution is -2.72. The molecule has 0 radical (unpaired) electrons. The third-order valence-corrected chi connectivity index (χ3v) is 5.68. The average molecular weight is 467 g/mol. The van der Waals surface area contributed by atoms with E-state index in [0.29, 0.717) is 5.41 Å². The summed E-state index contributed by atoms with van der Waals surface area (Å²) in [5, 5.41) is 7.95. The SMILES string of the molecule is CN=C(NCc1cnn(Cc2ccccc2)c1)N1CC(C)(C)C1(C)C.I. The second-order valence-electron chi connectivity index (χ2n) is 7.96. The summed E-state index contributed by atoms with van der Waals surface area (Å²) in [5.41, 5.74) is 2.82. The van der Waals surface area contributed by atoms with Gasteiger partial charge in [0.25, 0.3) is 0 Å². The van der Waals surface area contributed by atoms with Crippen LogP contribution in [-0.4, -0.2) is 39.8 Å². The zero-order valence-electron chi connectivity index (χ0n) is 16.4. The zero-order chi connectivity index (χ0) is 18.1. The number of nitrogens with zero attached hydrogens (tertiary/aromatic N) is 4. The number of likely N-dealkylation sites (tertiary alicyclic amines) is 1. The molecule has 1 saturated heterocycles. The van der Waals surface area contributed by atoms with Crippen molar-refractivity contribution in [3.63, 3.8) is 0 Å². The molecule has 1 aromatic heterocycles. The van der Waals surface area contributed by atoms with Gasteiger partial charge in [-0.05, 0) is 19.4 Å². The van der Waals surface area contributed by atoms with Crippen LogP contribution in [0.2, 0.25) is 0 Å². The van der Waals surface area contributed by atoms with Gasteiger partial charge in [0.2, 0.25) is 0 Å². The van der Waals surface area contributed by atoms with Crippen molar-refractivity contribution in [2.75, 3.05) is 13.6 Å². The number of hydrogen-bond donors (Lipinski definition) is 1. The molecule has 0 bridgehead atoms. The highest BCUT2D eigenvalue weighted by atomic mass is 127. The number of aromatic nitrogens is 2. The number of aliphatic imine (C=N–C) groups is 1. The molecule has 26 heavy (non-hydrogen) atoms. The first-order valence-electron chi connectivity index (χ1n) is 8.87. The van der Waals surface area contributed by atoms with Crippen LogP contribution in [0.4, 0.5) is 0 Å². The van der Waals surface area contributed by atoms with Crippen LogP contribution >= 0.6 is 24.0 Å². The molecule has 1 aliphatic heterocycles. The maximum Gasteiger partial charge on any atom is 0.194 e. The van der Waals surface area contributed by atoms with Crippen LogP contribution < -0.4 is 5.32 Å². The first kappa shape index (κ1) is 20.7. The second-order valence-corrected chi connectivity index (χ2v) is 7.96. The van der Waals surface area contributed by atoms with Crippen molar-refractivity contribution in [3.05, 3.63) is 53.9 Å². The maximum absolute atomic E-state index is 4.47. The minimum absolute atomic E-state index is 0. The van der Waals surface area contributed by atoms with E-state index in [1.54, 1.807) is 0 Å². The molecule has 2 heterocycles. The van der Waals surface area contributed by atoms with Gasteiger partial charge in [0, 0.05) is 42.9 Å². The van der Waals surface area contributed by atoms with Crippen molar-refractivity contribution in [2.24, 2.45) is 10.4 Å². The monoisotopic (exact) mass is 467 g/mol. The van der Waals surface area contributed by atoms with Gasteiger partial charge in [-0.3, -0.25) is 9.67 Å². The normalized spacial score (nSPS) is 18.0. The molecule has 0 spiro atoms. The zero-order valence-corrected chi connectivity index (χ0v) is 18.7. The number of guanidine groups is 1. The van der Waals surface area contributed by atoms with E-state index >= 15 is 0 Å². The molecule has 0 unspecified atom stereocenters. The molecule has 0 aliphatic carbocycles. The molecule has 142 valence electrons. The van der Waals surface area contributed by atoms with Gasteiger partial charge in [-0.15, -0.1) is 24.0 Å². The lowest BCUT2D eigenvalue weighted by molar-refractivity contribution is -0.0667. The number of rotatable bonds is 4. The summed E-state index contributed by atoms with van der Waals surface area (Å²) >= 11 is 0. The topological polar surface area (TPSA) is 45.5 Å². The Bertz CT molecular complexity index is 749. The molecule has 1 aliphatic rings. The van der Waals surface area contributed by atoms with Gasteiger partial charge in [0.1, 0.15) is 0 Å². The van der Waals surface area contributed by atoms with Crippen LogP contribution in [0.15, 0.2) is 47.7 Å². The van der Waals surface area contributed by atoms with E-state index in [0.717, 1.165) is 31.2 Å². The summed E-state index contributed by atoms with van der Waals surface area (Å²) in [6, 6.07) is 10.4. The van der Waals surface area contributed by atoms with Gasteiger partial charge in [0.05, 0.1) is 12.7 Å². The average Bonchev–Trinajstić information content (AvgIpc) is 3.02. The Labute approximate surface area is 173 Å². The van der Waals surface area contributed by atoms with Crippen molar-refractivity contribution in [2.45, 2.75) is 46.3 Å². The second kappa shape index (κ2) is 7.98. The van der Waals surface area contributed by atoms with Crippen molar-refractivity contribution in [3.8, 4) is 0 Å². The molecular weight excluding hydrogens is 437 g/mol. The van der Waals surface area contributed by atoms with E-state index in [4.69, 9.17) is 0 Å². The van der Waals surface area contributed by atoms with Gasteiger partial charge in [0.15, 0.2) is 5.96 Å². The molecule has 0 amide bonds. The van der Waals surface area contributed by atoms with Crippen molar-refractivity contribution in [1.82, 2.24) is 20.0 Å². The third kappa shape index (κ3) is 4.05. The molecule has 3 rings (SSSR count). The minimum atomic E-state index is 0. The number of hydrogen-bond acceptors (Lipinski definition) is 2. The Kier molecular flexibility index (Phi) is 6.37. The quantitative estimate of drug-likeness (QED) is 0.424. The Morgan fingerprint density at radius 2 is 1.85 bits per heavy atom.